The third-order valence-corrected chi connectivity index (χ3v) is 9.81. The summed E-state index contributed by atoms with van der Waals surface area (Å²) in [5.41, 5.74) is 0.721. The molecule has 1 aromatic carbocycles. The number of benzene rings is 1. The first-order valence-electron chi connectivity index (χ1n) is 17.7. The van der Waals surface area contributed by atoms with Crippen LogP contribution in [0.2, 0.25) is 0 Å². The Labute approximate surface area is 285 Å². The monoisotopic (exact) mass is 706 g/mol. The third-order valence-electron chi connectivity index (χ3n) is 7.78. The molecule has 0 aliphatic carbocycles. The summed E-state index contributed by atoms with van der Waals surface area (Å²) in [7, 11) is -8.82. The van der Waals surface area contributed by atoms with Gasteiger partial charge in [0.1, 0.15) is 0 Å². The summed E-state index contributed by atoms with van der Waals surface area (Å²) in [5, 5.41) is -1.93. The van der Waals surface area contributed by atoms with Crippen LogP contribution in [-0.4, -0.2) is 56.3 Å². The second-order valence-electron chi connectivity index (χ2n) is 12.1. The minimum Gasteiger partial charge on any atom is -0.466 e. The van der Waals surface area contributed by atoms with Gasteiger partial charge >= 0.3 is 11.9 Å². The maximum Gasteiger partial charge on any atom is 0.327 e. The van der Waals surface area contributed by atoms with E-state index in [1.807, 2.05) is 6.07 Å². The normalized spacial score (nSPS) is 12.2. The van der Waals surface area contributed by atoms with E-state index in [9.17, 15) is 31.0 Å². The van der Waals surface area contributed by atoms with Gasteiger partial charge in [0, 0.05) is 0 Å². The van der Waals surface area contributed by atoms with Crippen LogP contribution in [0.5, 0.6) is 0 Å². The lowest BCUT2D eigenvalue weighted by Crippen LogP contribution is -2.34. The molecular formula is C35H62O10S2. The van der Waals surface area contributed by atoms with Gasteiger partial charge in [0.2, 0.25) is 0 Å². The fourth-order valence-corrected chi connectivity index (χ4v) is 6.38. The van der Waals surface area contributed by atoms with Crippen molar-refractivity contribution < 1.29 is 45.0 Å². The largest absolute Gasteiger partial charge is 0.466 e. The molecule has 0 bridgehead atoms. The highest BCUT2D eigenvalue weighted by atomic mass is 32.2. The van der Waals surface area contributed by atoms with Gasteiger partial charge in [-0.2, -0.15) is 16.8 Å². The molecule has 1 aromatic rings. The van der Waals surface area contributed by atoms with E-state index < -0.39 is 43.8 Å². The molecule has 12 heteroatoms. The van der Waals surface area contributed by atoms with Crippen molar-refractivity contribution in [3.8, 4) is 0 Å². The van der Waals surface area contributed by atoms with Crippen molar-refractivity contribution in [2.24, 2.45) is 0 Å². The molecule has 0 saturated carbocycles. The molecule has 0 aliphatic heterocycles. The molecule has 0 heterocycles. The Morgan fingerprint density at radius 2 is 1.04 bits per heavy atom. The predicted octanol–water partition coefficient (Wildman–Crippen LogP) is 8.67. The number of carbonyl (C=O) groups is 2. The van der Waals surface area contributed by atoms with Crippen LogP contribution in [0, 0.1) is 0 Å². The molecule has 1 rings (SSSR count). The Morgan fingerprint density at radius 1 is 0.617 bits per heavy atom. The van der Waals surface area contributed by atoms with E-state index in [1.165, 1.54) is 44.6 Å². The van der Waals surface area contributed by atoms with Crippen molar-refractivity contribution in [2.45, 2.75) is 166 Å². The summed E-state index contributed by atoms with van der Waals surface area (Å²) in [4.78, 5) is 23.8. The maximum absolute atomic E-state index is 12.0. The van der Waals surface area contributed by atoms with Crippen LogP contribution in [0.4, 0.5) is 0 Å². The summed E-state index contributed by atoms with van der Waals surface area (Å²) in [5.74, 6) is -1.93. The van der Waals surface area contributed by atoms with E-state index >= 15 is 0 Å². The minimum absolute atomic E-state index is 0.0565. The van der Waals surface area contributed by atoms with Gasteiger partial charge in [0.15, 0.2) is 5.25 Å². The molecule has 1 atom stereocenters. The molecule has 0 amide bonds. The maximum atomic E-state index is 12.0. The summed E-state index contributed by atoms with van der Waals surface area (Å²) >= 11 is 0. The lowest BCUT2D eigenvalue weighted by molar-refractivity contribution is -0.150. The van der Waals surface area contributed by atoms with E-state index in [2.05, 4.69) is 20.8 Å². The fourth-order valence-electron chi connectivity index (χ4n) is 4.97. The van der Waals surface area contributed by atoms with E-state index in [-0.39, 0.29) is 18.1 Å². The van der Waals surface area contributed by atoms with Crippen molar-refractivity contribution in [3.63, 3.8) is 0 Å². The van der Waals surface area contributed by atoms with Crippen molar-refractivity contribution in [1.82, 2.24) is 0 Å². The van der Waals surface area contributed by atoms with Gasteiger partial charge < -0.3 is 9.47 Å². The van der Waals surface area contributed by atoms with Gasteiger partial charge in [-0.15, -0.1) is 0 Å². The van der Waals surface area contributed by atoms with E-state index in [0.717, 1.165) is 76.2 Å². The highest BCUT2D eigenvalue weighted by molar-refractivity contribution is 7.87. The Morgan fingerprint density at radius 3 is 1.51 bits per heavy atom. The topological polar surface area (TPSA) is 161 Å². The highest BCUT2D eigenvalue weighted by Crippen LogP contribution is 2.18. The average molecular weight is 707 g/mol. The molecule has 0 aromatic heterocycles. The van der Waals surface area contributed by atoms with Crippen molar-refractivity contribution in [1.29, 1.82) is 0 Å². The molecule has 0 spiro atoms. The molecule has 0 saturated heterocycles. The fraction of sp³-hybridized carbons (Fsp3) is 0.771. The number of hydrogen-bond acceptors (Lipinski definition) is 8. The molecule has 0 radical (unpaired) electrons. The molecule has 2 N–H and O–H groups in total. The van der Waals surface area contributed by atoms with Crippen LogP contribution in [0.1, 0.15) is 155 Å². The predicted molar refractivity (Wildman–Crippen MR) is 187 cm³/mol. The zero-order valence-electron chi connectivity index (χ0n) is 29.1. The summed E-state index contributed by atoms with van der Waals surface area (Å²) in [6, 6.07) is 6.69. The van der Waals surface area contributed by atoms with Gasteiger partial charge in [-0.25, -0.2) is 0 Å². The van der Waals surface area contributed by atoms with Crippen molar-refractivity contribution in [2.75, 3.05) is 13.2 Å². The molecule has 1 unspecified atom stereocenters. The zero-order chi connectivity index (χ0) is 35.4. The van der Waals surface area contributed by atoms with Gasteiger partial charge in [0.25, 0.3) is 20.2 Å². The summed E-state index contributed by atoms with van der Waals surface area (Å²) in [6.07, 6.45) is 20.4. The lowest BCUT2D eigenvalue weighted by atomic mass is 10.0. The molecule has 47 heavy (non-hydrogen) atoms. The first-order chi connectivity index (χ1) is 22.4. The second kappa shape index (κ2) is 27.9. The van der Waals surface area contributed by atoms with Crippen LogP contribution in [-0.2, 0) is 45.7 Å². The van der Waals surface area contributed by atoms with Crippen LogP contribution >= 0.6 is 0 Å². The van der Waals surface area contributed by atoms with E-state index in [0.29, 0.717) is 19.3 Å². The first-order valence-corrected chi connectivity index (χ1v) is 20.7. The minimum atomic E-state index is -4.73. The number of hydrogen-bond donors (Lipinski definition) is 2. The van der Waals surface area contributed by atoms with Gasteiger partial charge in [-0.1, -0.05) is 142 Å². The number of esters is 2. The number of carbonyl (C=O) groups excluding carboxylic acids is 2. The van der Waals surface area contributed by atoms with Crippen LogP contribution < -0.4 is 0 Å². The summed E-state index contributed by atoms with van der Waals surface area (Å²) in [6.45, 7) is 6.70. The zero-order valence-corrected chi connectivity index (χ0v) is 30.8. The average Bonchev–Trinajstić information content (AvgIpc) is 3.01. The van der Waals surface area contributed by atoms with Gasteiger partial charge in [-0.3, -0.25) is 18.7 Å². The molecular weight excluding hydrogens is 645 g/mol. The number of rotatable bonds is 27. The quantitative estimate of drug-likeness (QED) is 0.0514. The standard InChI is InChI=1S/C20H38O7S.C15H24O3S/c1-3-5-7-9-11-13-15-26-19(21)17-18(28(23,24)25)20(22)27-16-14-12-10-8-6-4-2;1-2-3-4-5-6-7-8-11-14-12-9-10-13-15(14)19(16,17)18/h18H,3-17H2,1-2H3,(H,23,24,25);9-10,12-13H,2-8,11H2,1H3,(H,16,17,18). The molecule has 274 valence electrons. The smallest absolute Gasteiger partial charge is 0.327 e. The SMILES string of the molecule is CCCCCCCCCc1ccccc1S(=O)(=O)O.CCCCCCCCOC(=O)CC(C(=O)OCCCCCCCC)S(=O)(=O)O. The third kappa shape index (κ3) is 24.7. The number of aryl methyl sites for hydroxylation is 1. The van der Waals surface area contributed by atoms with Crippen LogP contribution in [0.3, 0.4) is 0 Å². The lowest BCUT2D eigenvalue weighted by Gasteiger charge is -2.13. The first kappa shape index (κ1) is 45.0. The van der Waals surface area contributed by atoms with Gasteiger partial charge in [0.05, 0.1) is 24.5 Å². The van der Waals surface area contributed by atoms with Gasteiger partial charge in [-0.05, 0) is 37.3 Å². The van der Waals surface area contributed by atoms with Crippen LogP contribution in [0.25, 0.3) is 0 Å². The van der Waals surface area contributed by atoms with Crippen molar-refractivity contribution >= 4 is 32.2 Å². The Kier molecular flexibility index (Phi) is 26.7. The number of ether oxygens (including phenoxy) is 2. The molecule has 0 fully saturated rings. The Balaban J connectivity index is 0.000000966. The second-order valence-corrected chi connectivity index (χ2v) is 15.1. The summed E-state index contributed by atoms with van der Waals surface area (Å²) < 4.78 is 73.6. The van der Waals surface area contributed by atoms with Crippen molar-refractivity contribution in [3.05, 3.63) is 29.8 Å². The highest BCUT2D eigenvalue weighted by Gasteiger charge is 2.35. The Bertz CT molecular complexity index is 1170. The Hall–Kier alpha value is -2.02. The molecule has 0 aliphatic rings. The van der Waals surface area contributed by atoms with E-state index in [1.54, 1.807) is 12.1 Å². The van der Waals surface area contributed by atoms with E-state index in [4.69, 9.17) is 14.0 Å². The number of unbranched alkanes of at least 4 members (excludes halogenated alkanes) is 16. The van der Waals surface area contributed by atoms with Crippen LogP contribution in [0.15, 0.2) is 29.2 Å². The molecule has 10 nitrogen and oxygen atoms in total.